The van der Waals surface area contributed by atoms with Gasteiger partial charge in [0.2, 0.25) is 0 Å². The molecule has 0 radical (unpaired) electrons. The lowest BCUT2D eigenvalue weighted by Crippen LogP contribution is -2.23. The predicted octanol–water partition coefficient (Wildman–Crippen LogP) is 3.18. The van der Waals surface area contributed by atoms with Crippen LogP contribution < -0.4 is 5.32 Å². The average Bonchev–Trinajstić information content (AvgIpc) is 2.89. The minimum absolute atomic E-state index is 0.682. The van der Waals surface area contributed by atoms with E-state index >= 15 is 0 Å². The van der Waals surface area contributed by atoms with E-state index in [1.54, 1.807) is 4.88 Å². The maximum absolute atomic E-state index is 6.43. The van der Waals surface area contributed by atoms with Gasteiger partial charge in [0.25, 0.3) is 0 Å². The van der Waals surface area contributed by atoms with Crippen LogP contribution >= 0.6 is 22.9 Å². The summed E-state index contributed by atoms with van der Waals surface area (Å²) >= 11 is 8.39. The first-order valence-corrected chi connectivity index (χ1v) is 7.06. The van der Waals surface area contributed by atoms with E-state index in [4.69, 9.17) is 11.6 Å². The van der Waals surface area contributed by atoms with E-state index in [9.17, 15) is 0 Å². The minimum atomic E-state index is 0.682. The Morgan fingerprint density at radius 3 is 3.00 bits per heavy atom. The van der Waals surface area contributed by atoms with E-state index in [1.165, 1.54) is 49.1 Å². The quantitative estimate of drug-likeness (QED) is 0.839. The molecular weight excluding hydrogens is 226 g/mol. The summed E-state index contributed by atoms with van der Waals surface area (Å²) in [4.78, 5) is 2.99. The van der Waals surface area contributed by atoms with Gasteiger partial charge in [-0.05, 0) is 50.6 Å². The van der Waals surface area contributed by atoms with E-state index in [0.29, 0.717) is 6.04 Å². The summed E-state index contributed by atoms with van der Waals surface area (Å²) in [6.07, 6.45) is 7.58. The molecule has 3 rings (SSSR count). The summed E-state index contributed by atoms with van der Waals surface area (Å²) in [6.45, 7) is 1.19. The smallest absolute Gasteiger partial charge is 0.0580 e. The first-order chi connectivity index (χ1) is 7.34. The number of fused-ring (bicyclic) bond motifs is 1. The number of nitrogens with one attached hydrogen (secondary N) is 1. The number of halogens is 1. The zero-order valence-electron chi connectivity index (χ0n) is 8.81. The van der Waals surface area contributed by atoms with Crippen molar-refractivity contribution in [3.8, 4) is 0 Å². The fraction of sp³-hybridized carbons (Fsp3) is 0.667. The molecule has 1 aromatic heterocycles. The molecule has 2 aliphatic rings. The highest BCUT2D eigenvalue weighted by Gasteiger charge is 2.23. The van der Waals surface area contributed by atoms with Crippen LogP contribution in [0.25, 0.3) is 0 Å². The summed E-state index contributed by atoms with van der Waals surface area (Å²) in [6, 6.07) is 0.682. The van der Waals surface area contributed by atoms with Gasteiger partial charge >= 0.3 is 0 Å². The van der Waals surface area contributed by atoms with Gasteiger partial charge in [-0.3, -0.25) is 0 Å². The van der Waals surface area contributed by atoms with Gasteiger partial charge in [-0.1, -0.05) is 11.6 Å². The van der Waals surface area contributed by atoms with Gasteiger partial charge in [-0.2, -0.15) is 0 Å². The van der Waals surface area contributed by atoms with Crippen molar-refractivity contribution in [3.05, 3.63) is 20.3 Å². The molecule has 0 spiro atoms. The van der Waals surface area contributed by atoms with Crippen LogP contribution in [0, 0.1) is 0 Å². The van der Waals surface area contributed by atoms with Crippen molar-refractivity contribution < 1.29 is 0 Å². The van der Waals surface area contributed by atoms with Crippen molar-refractivity contribution in [2.75, 3.05) is 6.54 Å². The fourth-order valence-corrected chi connectivity index (χ4v) is 4.53. The highest BCUT2D eigenvalue weighted by molar-refractivity contribution is 7.12. The van der Waals surface area contributed by atoms with Crippen molar-refractivity contribution in [3.63, 3.8) is 0 Å². The molecule has 1 nitrogen and oxygen atoms in total. The number of rotatable bonds is 2. The number of hydrogen-bond donors (Lipinski definition) is 1. The van der Waals surface area contributed by atoms with Crippen LogP contribution in [0.1, 0.15) is 34.6 Å². The molecule has 1 unspecified atom stereocenters. The Morgan fingerprint density at radius 2 is 2.27 bits per heavy atom. The number of hydrogen-bond acceptors (Lipinski definition) is 2. The Kier molecular flexibility index (Phi) is 2.75. The first kappa shape index (κ1) is 10.1. The standard InChI is InChI=1S/C12H16ClNS/c13-12-9-4-1-5-10(9)15-11(12)7-8-3-2-6-14-8/h8,14H,1-7H2. The zero-order valence-corrected chi connectivity index (χ0v) is 10.4. The summed E-state index contributed by atoms with van der Waals surface area (Å²) < 4.78 is 0. The highest BCUT2D eigenvalue weighted by Crippen LogP contribution is 2.39. The Morgan fingerprint density at radius 1 is 1.33 bits per heavy atom. The van der Waals surface area contributed by atoms with Crippen molar-refractivity contribution in [2.24, 2.45) is 0 Å². The Bertz CT molecular complexity index is 366. The maximum Gasteiger partial charge on any atom is 0.0580 e. The van der Waals surface area contributed by atoms with Gasteiger partial charge in [0, 0.05) is 15.8 Å². The van der Waals surface area contributed by atoms with Gasteiger partial charge in [-0.15, -0.1) is 11.3 Å². The Hall–Kier alpha value is -0.0500. The maximum atomic E-state index is 6.43. The topological polar surface area (TPSA) is 12.0 Å². The summed E-state index contributed by atoms with van der Waals surface area (Å²) in [7, 11) is 0. The van der Waals surface area contributed by atoms with Gasteiger partial charge in [0.1, 0.15) is 0 Å². The molecule has 1 fully saturated rings. The summed E-state index contributed by atoms with van der Waals surface area (Å²) in [5.41, 5.74) is 1.47. The second-order valence-corrected chi connectivity index (χ2v) is 6.16. The molecule has 0 amide bonds. The number of thiophene rings is 1. The van der Waals surface area contributed by atoms with Crippen molar-refractivity contribution in [1.82, 2.24) is 5.32 Å². The molecular formula is C12H16ClNS. The van der Waals surface area contributed by atoms with Crippen molar-refractivity contribution in [2.45, 2.75) is 44.6 Å². The molecule has 1 saturated heterocycles. The molecule has 82 valence electrons. The molecule has 0 aromatic carbocycles. The fourth-order valence-electron chi connectivity index (χ4n) is 2.71. The monoisotopic (exact) mass is 241 g/mol. The Balaban J connectivity index is 1.80. The van der Waals surface area contributed by atoms with Crippen molar-refractivity contribution in [1.29, 1.82) is 0 Å². The molecule has 15 heavy (non-hydrogen) atoms. The number of aryl methyl sites for hydroxylation is 1. The molecule has 3 heteroatoms. The third kappa shape index (κ3) is 1.83. The lowest BCUT2D eigenvalue weighted by molar-refractivity contribution is 0.607. The Labute approximate surface area is 99.8 Å². The van der Waals surface area contributed by atoms with Gasteiger partial charge in [0.15, 0.2) is 0 Å². The largest absolute Gasteiger partial charge is 0.314 e. The molecule has 1 aliphatic heterocycles. The van der Waals surface area contributed by atoms with Crippen LogP contribution in [-0.4, -0.2) is 12.6 Å². The van der Waals surface area contributed by atoms with Crippen LogP contribution in [-0.2, 0) is 19.3 Å². The van der Waals surface area contributed by atoms with Gasteiger partial charge in [0.05, 0.1) is 5.02 Å². The molecule has 1 aromatic rings. The highest BCUT2D eigenvalue weighted by atomic mass is 35.5. The summed E-state index contributed by atoms with van der Waals surface area (Å²) in [5, 5.41) is 4.64. The molecule has 0 bridgehead atoms. The second-order valence-electron chi connectivity index (χ2n) is 4.59. The minimum Gasteiger partial charge on any atom is -0.314 e. The third-order valence-corrected chi connectivity index (χ3v) is 5.40. The van der Waals surface area contributed by atoms with E-state index in [0.717, 1.165) is 11.4 Å². The molecule has 2 heterocycles. The lowest BCUT2D eigenvalue weighted by Gasteiger charge is -2.08. The lowest BCUT2D eigenvalue weighted by atomic mass is 10.1. The van der Waals surface area contributed by atoms with Gasteiger partial charge in [-0.25, -0.2) is 0 Å². The SMILES string of the molecule is Clc1c(CC2CCCN2)sc2c1CCC2. The van der Waals surface area contributed by atoms with Crippen LogP contribution in [0.3, 0.4) is 0 Å². The summed E-state index contributed by atoms with van der Waals surface area (Å²) in [5.74, 6) is 0. The van der Waals surface area contributed by atoms with Crippen LogP contribution in [0.15, 0.2) is 0 Å². The second kappa shape index (κ2) is 4.08. The average molecular weight is 242 g/mol. The van der Waals surface area contributed by atoms with Crippen LogP contribution in [0.4, 0.5) is 0 Å². The van der Waals surface area contributed by atoms with E-state index in [-0.39, 0.29) is 0 Å². The van der Waals surface area contributed by atoms with Crippen LogP contribution in [0.5, 0.6) is 0 Å². The molecule has 1 N–H and O–H groups in total. The third-order valence-electron chi connectivity index (χ3n) is 3.52. The molecule has 1 atom stereocenters. The van der Waals surface area contributed by atoms with E-state index in [1.807, 2.05) is 11.3 Å². The van der Waals surface area contributed by atoms with Gasteiger partial charge < -0.3 is 5.32 Å². The first-order valence-electron chi connectivity index (χ1n) is 5.87. The van der Waals surface area contributed by atoms with Crippen molar-refractivity contribution >= 4 is 22.9 Å². The molecule has 0 saturated carbocycles. The van der Waals surface area contributed by atoms with E-state index in [2.05, 4.69) is 5.32 Å². The zero-order chi connectivity index (χ0) is 10.3. The molecule has 1 aliphatic carbocycles. The predicted molar refractivity (Wildman–Crippen MR) is 66.1 cm³/mol. The normalized spacial score (nSPS) is 24.7. The van der Waals surface area contributed by atoms with E-state index < -0.39 is 0 Å². The van der Waals surface area contributed by atoms with Crippen LogP contribution in [0.2, 0.25) is 5.02 Å².